The quantitative estimate of drug-likeness (QED) is 0.409. The Balaban J connectivity index is 1.58. The van der Waals surface area contributed by atoms with Gasteiger partial charge in [-0.05, 0) is 25.0 Å². The van der Waals surface area contributed by atoms with Crippen LogP contribution in [0.2, 0.25) is 0 Å². The van der Waals surface area contributed by atoms with Gasteiger partial charge in [0.1, 0.15) is 23.2 Å². The van der Waals surface area contributed by atoms with Crippen LogP contribution in [-0.4, -0.2) is 62.0 Å². The summed E-state index contributed by atoms with van der Waals surface area (Å²) < 4.78 is 17.9. The maximum Gasteiger partial charge on any atom is 0.255 e. The van der Waals surface area contributed by atoms with E-state index in [1.54, 1.807) is 13.8 Å². The molecular formula is C26H30O10. The first-order chi connectivity index (χ1) is 16.9. The summed E-state index contributed by atoms with van der Waals surface area (Å²) in [5, 5.41) is 52.2. The lowest BCUT2D eigenvalue weighted by Crippen LogP contribution is -2.51. The Kier molecular flexibility index (Phi) is 5.90. The fourth-order valence-electron chi connectivity index (χ4n) is 5.75. The number of aliphatic hydroxyl groups is 4. The van der Waals surface area contributed by atoms with Gasteiger partial charge in [-0.25, -0.2) is 0 Å². The van der Waals surface area contributed by atoms with Gasteiger partial charge in [0.15, 0.2) is 11.2 Å². The van der Waals surface area contributed by atoms with Gasteiger partial charge in [0.2, 0.25) is 11.5 Å². The summed E-state index contributed by atoms with van der Waals surface area (Å²) in [4.78, 5) is 25.4. The number of ketones is 1. The van der Waals surface area contributed by atoms with Crippen molar-refractivity contribution in [2.75, 3.05) is 6.61 Å². The molecule has 1 fully saturated rings. The molecule has 1 saturated carbocycles. The van der Waals surface area contributed by atoms with Crippen molar-refractivity contribution in [3.63, 3.8) is 0 Å². The van der Waals surface area contributed by atoms with Gasteiger partial charge in [0, 0.05) is 49.3 Å². The van der Waals surface area contributed by atoms with Gasteiger partial charge in [0.25, 0.3) is 5.79 Å². The number of ether oxygens (including phenoxy) is 2. The van der Waals surface area contributed by atoms with E-state index in [9.17, 15) is 35.1 Å². The molecule has 2 aliphatic carbocycles. The second kappa shape index (κ2) is 8.58. The van der Waals surface area contributed by atoms with Crippen molar-refractivity contribution in [3.05, 3.63) is 50.8 Å². The van der Waals surface area contributed by atoms with Gasteiger partial charge in [-0.3, -0.25) is 9.59 Å². The highest BCUT2D eigenvalue weighted by Gasteiger charge is 2.48. The minimum absolute atomic E-state index is 0.0207. The van der Waals surface area contributed by atoms with Gasteiger partial charge >= 0.3 is 0 Å². The molecule has 0 spiro atoms. The van der Waals surface area contributed by atoms with Gasteiger partial charge in [0.05, 0.1) is 24.0 Å². The lowest BCUT2D eigenvalue weighted by molar-refractivity contribution is -0.155. The molecule has 0 radical (unpaired) electrons. The summed E-state index contributed by atoms with van der Waals surface area (Å²) in [5.41, 5.74) is 0.206. The Hall–Kier alpha value is -2.92. The third kappa shape index (κ3) is 3.80. The number of phenolic OH excluding ortho intramolecular Hbond substituents is 1. The number of hydrogen-bond acceptors (Lipinski definition) is 10. The number of aliphatic hydroxyl groups excluding tert-OH is 4. The summed E-state index contributed by atoms with van der Waals surface area (Å²) in [5.74, 6) is -2.63. The monoisotopic (exact) mass is 502 g/mol. The summed E-state index contributed by atoms with van der Waals surface area (Å²) in [6, 6.07) is 2.69. The zero-order valence-corrected chi connectivity index (χ0v) is 20.2. The Morgan fingerprint density at radius 1 is 1.08 bits per heavy atom. The molecule has 1 aromatic carbocycles. The van der Waals surface area contributed by atoms with E-state index < -0.39 is 42.5 Å². The number of fused-ring (bicyclic) bond motifs is 1. The van der Waals surface area contributed by atoms with E-state index in [2.05, 4.69) is 0 Å². The van der Waals surface area contributed by atoms with Crippen molar-refractivity contribution in [2.45, 2.75) is 70.1 Å². The van der Waals surface area contributed by atoms with E-state index >= 15 is 0 Å². The van der Waals surface area contributed by atoms with Crippen molar-refractivity contribution in [1.82, 2.24) is 0 Å². The Morgan fingerprint density at radius 3 is 2.47 bits per heavy atom. The molecule has 2 heterocycles. The molecule has 10 heteroatoms. The third-order valence-electron chi connectivity index (χ3n) is 7.58. The first-order valence-electron chi connectivity index (χ1n) is 12.0. The Morgan fingerprint density at radius 2 is 1.81 bits per heavy atom. The topological polar surface area (TPSA) is 167 Å². The zero-order valence-electron chi connectivity index (χ0n) is 20.2. The molecule has 36 heavy (non-hydrogen) atoms. The Labute approximate surface area is 206 Å². The molecule has 1 aromatic heterocycles. The van der Waals surface area contributed by atoms with Crippen LogP contribution in [0.5, 0.6) is 5.75 Å². The van der Waals surface area contributed by atoms with Crippen LogP contribution in [0.15, 0.2) is 32.9 Å². The van der Waals surface area contributed by atoms with E-state index in [1.807, 2.05) is 6.92 Å². The van der Waals surface area contributed by atoms with Gasteiger partial charge in [-0.2, -0.15) is 0 Å². The normalized spacial score (nSPS) is 34.1. The summed E-state index contributed by atoms with van der Waals surface area (Å²) in [7, 11) is 0. The minimum Gasteiger partial charge on any atom is -0.508 e. The first kappa shape index (κ1) is 24.8. The molecular weight excluding hydrogens is 472 g/mol. The van der Waals surface area contributed by atoms with Crippen LogP contribution in [-0.2, 0) is 20.7 Å². The van der Waals surface area contributed by atoms with Crippen LogP contribution in [0.25, 0.3) is 11.0 Å². The largest absolute Gasteiger partial charge is 0.508 e. The zero-order chi connectivity index (χ0) is 26.1. The molecule has 0 saturated heterocycles. The number of carbonyl (C=O) groups excluding carboxylic acids is 1. The van der Waals surface area contributed by atoms with E-state index in [4.69, 9.17) is 13.9 Å². The van der Waals surface area contributed by atoms with E-state index in [-0.39, 0.29) is 63.8 Å². The first-order valence-corrected chi connectivity index (χ1v) is 12.0. The fourth-order valence-corrected chi connectivity index (χ4v) is 5.75. The third-order valence-corrected chi connectivity index (χ3v) is 7.58. The number of allylic oxidation sites excluding steroid dienone is 2. The number of rotatable bonds is 4. The highest BCUT2D eigenvalue weighted by atomic mass is 16.7. The molecule has 5 N–H and O–H groups in total. The van der Waals surface area contributed by atoms with Crippen molar-refractivity contribution in [1.29, 1.82) is 0 Å². The summed E-state index contributed by atoms with van der Waals surface area (Å²) >= 11 is 0. The number of aromatic hydroxyl groups is 1. The van der Waals surface area contributed by atoms with Crippen molar-refractivity contribution in [2.24, 2.45) is 11.8 Å². The van der Waals surface area contributed by atoms with Gasteiger partial charge < -0.3 is 39.4 Å². The molecule has 3 unspecified atom stereocenters. The van der Waals surface area contributed by atoms with Gasteiger partial charge in [-0.15, -0.1) is 0 Å². The van der Waals surface area contributed by atoms with Crippen LogP contribution in [0, 0.1) is 18.8 Å². The summed E-state index contributed by atoms with van der Waals surface area (Å²) in [6.07, 6.45) is -4.07. The number of aryl methyl sites for hydroxylation is 1. The van der Waals surface area contributed by atoms with Gasteiger partial charge in [-0.1, -0.05) is 6.92 Å². The van der Waals surface area contributed by atoms with Crippen LogP contribution < -0.4 is 5.43 Å². The molecule has 194 valence electrons. The minimum atomic E-state index is -1.57. The van der Waals surface area contributed by atoms with Crippen molar-refractivity contribution >= 4 is 16.8 Å². The van der Waals surface area contributed by atoms with Crippen molar-refractivity contribution in [3.8, 4) is 5.75 Å². The molecule has 7 atom stereocenters. The number of carbonyl (C=O) groups is 1. The second-order valence-electron chi connectivity index (χ2n) is 10.4. The highest BCUT2D eigenvalue weighted by Crippen LogP contribution is 2.45. The smallest absolute Gasteiger partial charge is 0.255 e. The number of hydrogen-bond donors (Lipinski definition) is 5. The summed E-state index contributed by atoms with van der Waals surface area (Å²) in [6.45, 7) is 4.70. The van der Waals surface area contributed by atoms with Crippen LogP contribution in [0.4, 0.5) is 0 Å². The van der Waals surface area contributed by atoms with Crippen LogP contribution >= 0.6 is 0 Å². The van der Waals surface area contributed by atoms with Crippen molar-refractivity contribution < 1.29 is 44.2 Å². The van der Waals surface area contributed by atoms with E-state index in [0.717, 1.165) is 0 Å². The highest BCUT2D eigenvalue weighted by molar-refractivity contribution is 5.97. The lowest BCUT2D eigenvalue weighted by Gasteiger charge is -2.40. The standard InChI is InChI=1S/C26H30O10/c1-10-4-15(28)19(14-6-12(9-27)20(31)22(33)21(14)32)25-18(10)16(29)7-13(34-25)8-26(3)35-23-11(2)5-17(30)24(23)36-26/h4,7,11-12,14,20-22,27-28,31-33H,5-6,8-9H2,1-3H3/t11?,12-,14?,20-,21+,22+,26?/m1/s1. The molecule has 1 aliphatic heterocycles. The molecule has 3 aliphatic rings. The van der Waals surface area contributed by atoms with Crippen LogP contribution in [0.3, 0.4) is 0 Å². The predicted molar refractivity (Wildman–Crippen MR) is 125 cm³/mol. The molecule has 0 amide bonds. The number of phenols is 1. The second-order valence-corrected chi connectivity index (χ2v) is 10.4. The number of benzene rings is 1. The SMILES string of the molecule is Cc1cc(O)c(C2C[C@H](CO)[C@@H](O)[C@H](O)[C@H]2O)c2oc(CC3(C)OC4=C(O3)C(C)CC4=O)cc(=O)c12. The fraction of sp³-hybridized carbons (Fsp3) is 0.538. The molecule has 10 nitrogen and oxygen atoms in total. The number of Topliss-reactive ketones (excluding diaryl/α,β-unsaturated/α-hetero) is 1. The average Bonchev–Trinajstić information content (AvgIpc) is 3.27. The van der Waals surface area contributed by atoms with E-state index in [0.29, 0.717) is 17.7 Å². The molecule has 5 rings (SSSR count). The molecule has 2 aromatic rings. The predicted octanol–water partition coefficient (Wildman–Crippen LogP) is 1.11. The maximum absolute atomic E-state index is 13.2. The van der Waals surface area contributed by atoms with Crippen LogP contribution in [0.1, 0.15) is 49.5 Å². The Bertz CT molecular complexity index is 1320. The molecule has 0 bridgehead atoms. The maximum atomic E-state index is 13.2. The average molecular weight is 503 g/mol. The lowest BCUT2D eigenvalue weighted by atomic mass is 9.72. The van der Waals surface area contributed by atoms with E-state index in [1.165, 1.54) is 12.1 Å².